The van der Waals surface area contributed by atoms with Crippen molar-refractivity contribution in [3.05, 3.63) is 35.5 Å². The SMILES string of the molecule is CCOCc1nc(NN)cc(NC(C)c2ccc(C)o2)n1. The Morgan fingerprint density at radius 3 is 2.71 bits per heavy atom. The average molecular weight is 291 g/mol. The highest BCUT2D eigenvalue weighted by Crippen LogP contribution is 2.21. The number of rotatable bonds is 7. The van der Waals surface area contributed by atoms with E-state index in [2.05, 4.69) is 20.7 Å². The molecule has 2 heterocycles. The topological polar surface area (TPSA) is 98.2 Å². The van der Waals surface area contributed by atoms with Crippen LogP contribution in [0.15, 0.2) is 22.6 Å². The van der Waals surface area contributed by atoms with Crippen molar-refractivity contribution in [2.45, 2.75) is 33.4 Å². The molecule has 0 saturated carbocycles. The van der Waals surface area contributed by atoms with Gasteiger partial charge in [0.15, 0.2) is 5.82 Å². The van der Waals surface area contributed by atoms with Crippen LogP contribution in [0.3, 0.4) is 0 Å². The maximum absolute atomic E-state index is 5.60. The molecule has 7 heteroatoms. The number of furan rings is 1. The molecule has 0 bridgehead atoms. The van der Waals surface area contributed by atoms with Gasteiger partial charge in [0.1, 0.15) is 29.8 Å². The molecule has 21 heavy (non-hydrogen) atoms. The van der Waals surface area contributed by atoms with Crippen molar-refractivity contribution in [1.82, 2.24) is 9.97 Å². The predicted molar refractivity (Wildman–Crippen MR) is 80.7 cm³/mol. The highest BCUT2D eigenvalue weighted by atomic mass is 16.5. The van der Waals surface area contributed by atoms with Gasteiger partial charge in [0, 0.05) is 12.7 Å². The van der Waals surface area contributed by atoms with Crippen LogP contribution in [-0.4, -0.2) is 16.6 Å². The number of nitrogens with zero attached hydrogens (tertiary/aromatic N) is 2. The molecule has 0 aromatic carbocycles. The fourth-order valence-electron chi connectivity index (χ4n) is 1.88. The molecule has 7 nitrogen and oxygen atoms in total. The monoisotopic (exact) mass is 291 g/mol. The number of aromatic nitrogens is 2. The van der Waals surface area contributed by atoms with Gasteiger partial charge >= 0.3 is 0 Å². The van der Waals surface area contributed by atoms with Gasteiger partial charge in [-0.2, -0.15) is 0 Å². The predicted octanol–water partition coefficient (Wildman–Crippen LogP) is 2.37. The summed E-state index contributed by atoms with van der Waals surface area (Å²) in [6.07, 6.45) is 0. The van der Waals surface area contributed by atoms with E-state index >= 15 is 0 Å². The van der Waals surface area contributed by atoms with E-state index in [-0.39, 0.29) is 6.04 Å². The molecule has 0 fully saturated rings. The fraction of sp³-hybridized carbons (Fsp3) is 0.429. The van der Waals surface area contributed by atoms with E-state index < -0.39 is 0 Å². The van der Waals surface area contributed by atoms with Crippen LogP contribution < -0.4 is 16.6 Å². The first-order valence-corrected chi connectivity index (χ1v) is 6.87. The molecule has 0 aliphatic heterocycles. The largest absolute Gasteiger partial charge is 0.464 e. The Morgan fingerprint density at radius 1 is 1.33 bits per heavy atom. The number of hydrazine groups is 1. The molecule has 2 rings (SSSR count). The second-order valence-electron chi connectivity index (χ2n) is 4.65. The van der Waals surface area contributed by atoms with Crippen LogP contribution in [-0.2, 0) is 11.3 Å². The maximum atomic E-state index is 5.60. The van der Waals surface area contributed by atoms with E-state index in [1.165, 1.54) is 0 Å². The Labute approximate surface area is 123 Å². The van der Waals surface area contributed by atoms with E-state index in [4.69, 9.17) is 15.0 Å². The molecule has 2 aromatic heterocycles. The van der Waals surface area contributed by atoms with E-state index in [0.717, 1.165) is 11.5 Å². The summed E-state index contributed by atoms with van der Waals surface area (Å²) in [5, 5.41) is 3.27. The van der Waals surface area contributed by atoms with Crippen LogP contribution >= 0.6 is 0 Å². The number of nitrogen functional groups attached to an aromatic ring is 1. The first-order chi connectivity index (χ1) is 10.1. The molecular weight excluding hydrogens is 270 g/mol. The van der Waals surface area contributed by atoms with Crippen molar-refractivity contribution < 1.29 is 9.15 Å². The van der Waals surface area contributed by atoms with Crippen LogP contribution in [0.5, 0.6) is 0 Å². The number of hydrogen-bond acceptors (Lipinski definition) is 7. The summed E-state index contributed by atoms with van der Waals surface area (Å²) >= 11 is 0. The summed E-state index contributed by atoms with van der Waals surface area (Å²) in [4.78, 5) is 8.64. The molecule has 0 spiro atoms. The van der Waals surface area contributed by atoms with Crippen molar-refractivity contribution in [3.63, 3.8) is 0 Å². The number of hydrogen-bond donors (Lipinski definition) is 3. The Morgan fingerprint density at radius 2 is 2.10 bits per heavy atom. The quantitative estimate of drug-likeness (QED) is 0.532. The Balaban J connectivity index is 2.14. The summed E-state index contributed by atoms with van der Waals surface area (Å²) in [6, 6.07) is 5.60. The van der Waals surface area contributed by atoms with Gasteiger partial charge in [-0.25, -0.2) is 15.8 Å². The van der Waals surface area contributed by atoms with Crippen molar-refractivity contribution >= 4 is 11.6 Å². The first-order valence-electron chi connectivity index (χ1n) is 6.87. The summed E-state index contributed by atoms with van der Waals surface area (Å²) in [7, 11) is 0. The highest BCUT2D eigenvalue weighted by molar-refractivity contribution is 5.47. The molecule has 0 aliphatic carbocycles. The maximum Gasteiger partial charge on any atom is 0.158 e. The minimum Gasteiger partial charge on any atom is -0.464 e. The van der Waals surface area contributed by atoms with Gasteiger partial charge in [-0.3, -0.25) is 0 Å². The summed E-state index contributed by atoms with van der Waals surface area (Å²) in [6.45, 7) is 6.78. The minimum absolute atomic E-state index is 0.0147. The zero-order valence-corrected chi connectivity index (χ0v) is 12.5. The van der Waals surface area contributed by atoms with E-state index in [0.29, 0.717) is 30.7 Å². The molecule has 2 aromatic rings. The van der Waals surface area contributed by atoms with Gasteiger partial charge in [-0.1, -0.05) is 0 Å². The minimum atomic E-state index is -0.0147. The van der Waals surface area contributed by atoms with Gasteiger partial charge in [-0.15, -0.1) is 0 Å². The zero-order chi connectivity index (χ0) is 15.2. The van der Waals surface area contributed by atoms with Gasteiger partial charge in [0.05, 0.1) is 6.04 Å². The molecule has 0 saturated heterocycles. The lowest BCUT2D eigenvalue weighted by Gasteiger charge is -2.14. The van der Waals surface area contributed by atoms with E-state index in [9.17, 15) is 0 Å². The average Bonchev–Trinajstić information content (AvgIpc) is 2.91. The zero-order valence-electron chi connectivity index (χ0n) is 12.5. The number of nitrogens with one attached hydrogen (secondary N) is 2. The third-order valence-corrected chi connectivity index (χ3v) is 2.91. The molecule has 1 unspecified atom stereocenters. The normalized spacial score (nSPS) is 12.2. The molecule has 0 radical (unpaired) electrons. The molecule has 0 amide bonds. The number of ether oxygens (including phenoxy) is 1. The van der Waals surface area contributed by atoms with Crippen LogP contribution in [0.2, 0.25) is 0 Å². The standard InChI is InChI=1S/C14H21N5O2/c1-4-20-8-14-17-12(7-13(18-14)19-15)16-10(3)11-6-5-9(2)21-11/h5-7,10H,4,8,15H2,1-3H3,(H2,16,17,18,19). The smallest absolute Gasteiger partial charge is 0.158 e. The molecule has 114 valence electrons. The lowest BCUT2D eigenvalue weighted by atomic mass is 10.2. The Kier molecular flexibility index (Phi) is 5.13. The van der Waals surface area contributed by atoms with Crippen LogP contribution in [0.25, 0.3) is 0 Å². The molecular formula is C14H21N5O2. The number of aryl methyl sites for hydroxylation is 1. The van der Waals surface area contributed by atoms with Crippen molar-refractivity contribution in [3.8, 4) is 0 Å². The second-order valence-corrected chi connectivity index (χ2v) is 4.65. The molecule has 4 N–H and O–H groups in total. The summed E-state index contributed by atoms with van der Waals surface area (Å²) < 4.78 is 10.9. The fourth-order valence-corrected chi connectivity index (χ4v) is 1.88. The van der Waals surface area contributed by atoms with Crippen LogP contribution in [0.1, 0.15) is 37.2 Å². The molecule has 0 aliphatic rings. The lowest BCUT2D eigenvalue weighted by Crippen LogP contribution is -2.14. The third kappa shape index (κ3) is 4.17. The highest BCUT2D eigenvalue weighted by Gasteiger charge is 2.12. The number of anilines is 2. The molecule has 1 atom stereocenters. The van der Waals surface area contributed by atoms with Crippen LogP contribution in [0, 0.1) is 6.92 Å². The van der Waals surface area contributed by atoms with Crippen molar-refractivity contribution in [1.29, 1.82) is 0 Å². The van der Waals surface area contributed by atoms with Gasteiger partial charge in [-0.05, 0) is 32.9 Å². The Bertz CT molecular complexity index is 584. The van der Waals surface area contributed by atoms with E-state index in [1.54, 1.807) is 6.07 Å². The van der Waals surface area contributed by atoms with Gasteiger partial charge in [0.25, 0.3) is 0 Å². The summed E-state index contributed by atoms with van der Waals surface area (Å²) in [5.41, 5.74) is 2.53. The van der Waals surface area contributed by atoms with Gasteiger partial charge < -0.3 is 19.9 Å². The number of nitrogens with two attached hydrogens (primary N) is 1. The Hall–Kier alpha value is -2.12. The van der Waals surface area contributed by atoms with Crippen LogP contribution in [0.4, 0.5) is 11.6 Å². The van der Waals surface area contributed by atoms with Crippen molar-refractivity contribution in [2.75, 3.05) is 17.3 Å². The summed E-state index contributed by atoms with van der Waals surface area (Å²) in [5.74, 6) is 8.92. The van der Waals surface area contributed by atoms with Gasteiger partial charge in [0.2, 0.25) is 0 Å². The van der Waals surface area contributed by atoms with Crippen molar-refractivity contribution in [2.24, 2.45) is 5.84 Å². The lowest BCUT2D eigenvalue weighted by molar-refractivity contribution is 0.128. The van der Waals surface area contributed by atoms with E-state index in [1.807, 2.05) is 32.9 Å². The first kappa shape index (κ1) is 15.3. The third-order valence-electron chi connectivity index (χ3n) is 2.91. The second kappa shape index (κ2) is 7.05.